The van der Waals surface area contributed by atoms with E-state index in [2.05, 4.69) is 81.4 Å². The van der Waals surface area contributed by atoms with Gasteiger partial charge in [0.1, 0.15) is 78.3 Å². The number of rotatable bonds is 49. The van der Waals surface area contributed by atoms with Crippen molar-refractivity contribution in [3.05, 3.63) is 114 Å². The van der Waals surface area contributed by atoms with Crippen molar-refractivity contribution in [2.75, 3.05) is 26.2 Å². The fourth-order valence-corrected chi connectivity index (χ4v) is 12.8. The number of hydrogen-bond donors (Lipinski definition) is 23. The van der Waals surface area contributed by atoms with E-state index in [1.165, 1.54) is 40.8 Å². The number of ether oxygens (including phenoxy) is 1. The summed E-state index contributed by atoms with van der Waals surface area (Å²) in [6, 6.07) is 8.05. The Hall–Kier alpha value is -11.5. The van der Waals surface area contributed by atoms with Crippen molar-refractivity contribution in [3.63, 3.8) is 0 Å². The predicted molar refractivity (Wildman–Crippen MR) is 440 cm³/mol. The van der Waals surface area contributed by atoms with Gasteiger partial charge in [-0.25, -0.2) is 0 Å². The first kappa shape index (κ1) is 97.1. The standard InChI is InChI=1S/C78H110N18O20S2/c1-40(97)61(93-72(112)62(41(2)98)94-74(114)63(76(4,5)117)86-42(3)99)71(111)90-55(36-47-38-84-50-18-12-11-17-49(47)50)69(109)87-51(25-27-57(81)100)67(107)95-64(77(6,7)118)73(113)91-53(34-43-20-23-48(24-21-43)116-32-31-80)68(108)88-54(35-44-19-22-45-15-9-10-16-46(45)33-44)70(110)96-78(8,29-13-14-30-79)75(115)92-52(26-28-60(103)104)66(106)89-56(37-58(82)101)65(105)85-39-59(83)102/h9-12,15-24,33,38,40-41,51-56,61-64,84,97-98,117-118H,13-14,25-32,34-37,39,79-80H2,1-8H3,(H2,81,100)(H2,82,101)(H2,83,102)(H,85,105)(H,86,99)(H,87,109)(H,88,108)(H,89,106)(H,90,111)(H,91,113)(H,92,115)(H,93,112)(H,94,114)(H,95,107)(H,96,110)(H,103,104)/t40-,41-,51+,52+,53+,54+,55+,56+,61+,62+,63-,64-,78+/m1/s1. The number of aromatic nitrogens is 1. The van der Waals surface area contributed by atoms with Gasteiger partial charge in [-0.3, -0.25) is 76.7 Å². The Morgan fingerprint density at radius 3 is 1.56 bits per heavy atom. The second-order valence-corrected chi connectivity index (χ2v) is 32.3. The maximum Gasteiger partial charge on any atom is 0.303 e. The molecule has 1 aromatic heterocycles. The normalized spacial score (nSPS) is 15.0. The van der Waals surface area contributed by atoms with Crippen LogP contribution in [0.1, 0.15) is 123 Å². The smallest absolute Gasteiger partial charge is 0.303 e. The van der Waals surface area contributed by atoms with Crippen LogP contribution in [-0.2, 0) is 96.0 Å². The molecule has 15 amide bonds. The monoisotopic (exact) mass is 1680 g/mol. The molecule has 0 aliphatic carbocycles. The molecule has 0 saturated carbocycles. The highest BCUT2D eigenvalue weighted by atomic mass is 32.1. The lowest BCUT2D eigenvalue weighted by molar-refractivity contribution is -0.140. The molecule has 5 aromatic rings. The van der Waals surface area contributed by atoms with Gasteiger partial charge in [0.05, 0.1) is 25.2 Å². The number of benzene rings is 4. The Labute approximate surface area is 692 Å². The van der Waals surface area contributed by atoms with E-state index in [9.17, 15) is 68.1 Å². The molecule has 0 aliphatic rings. The molecule has 0 saturated heterocycles. The van der Waals surface area contributed by atoms with Gasteiger partial charge in [-0.05, 0) is 133 Å². The number of aliphatic carboxylic acids is 1. The highest BCUT2D eigenvalue weighted by Crippen LogP contribution is 2.25. The molecule has 0 aliphatic heterocycles. The number of nitrogens with two attached hydrogens (primary N) is 5. The molecule has 26 N–H and O–H groups in total. The van der Waals surface area contributed by atoms with Gasteiger partial charge in [-0.15, -0.1) is 0 Å². The lowest BCUT2D eigenvalue weighted by Gasteiger charge is -2.34. The number of aliphatic hydroxyl groups is 2. The summed E-state index contributed by atoms with van der Waals surface area (Å²) >= 11 is 9.14. The number of aliphatic hydroxyl groups excluding tert-OH is 2. The molecule has 0 fully saturated rings. The van der Waals surface area contributed by atoms with E-state index in [-0.39, 0.29) is 58.2 Å². The zero-order valence-electron chi connectivity index (χ0n) is 66.8. The molecular formula is C78H110N18O20S2. The Morgan fingerprint density at radius 1 is 0.492 bits per heavy atom. The summed E-state index contributed by atoms with van der Waals surface area (Å²) in [5, 5.41) is 63.6. The number of fused-ring (bicyclic) bond motifs is 2. The van der Waals surface area contributed by atoms with Crippen molar-refractivity contribution in [1.82, 2.24) is 68.8 Å². The van der Waals surface area contributed by atoms with Crippen LogP contribution in [0.4, 0.5) is 0 Å². The second kappa shape index (κ2) is 45.3. The largest absolute Gasteiger partial charge is 0.492 e. The average molecular weight is 1680 g/mol. The maximum atomic E-state index is 15.5. The number of para-hydroxylation sites is 1. The molecule has 0 spiro atoms. The van der Waals surface area contributed by atoms with Crippen molar-refractivity contribution < 1.29 is 96.8 Å². The van der Waals surface area contributed by atoms with Gasteiger partial charge < -0.3 is 118 Å². The van der Waals surface area contributed by atoms with Crippen molar-refractivity contribution >= 4 is 142 Å². The number of carbonyl (C=O) groups excluding carboxylic acids is 15. The number of aromatic amines is 1. The molecule has 1 heterocycles. The SMILES string of the molecule is CC(=O)N[C@H](C(=O)N[C@H](C(=O)N[C@H](C(=O)N[C@@H](Cc1c[nH]c2ccccc12)C(=O)N[C@@H](CCC(N)=O)C(=O)N[C@H](C(=O)N[C@@H](Cc1ccc(OCCN)cc1)C(=O)N[C@@H](Cc1ccc2ccccc2c1)C(=O)N[C@@](C)(CCCCN)C(=O)N[C@@H](CCC(=O)O)C(=O)N[C@@H](CC(N)=O)C(=O)NCC(N)=O)C(C)(C)S)[C@@H](C)O)[C@@H](C)O)C(C)(C)S. The summed E-state index contributed by atoms with van der Waals surface area (Å²) in [6.07, 6.45) is -6.10. The average Bonchev–Trinajstić information content (AvgIpc) is 1.53. The van der Waals surface area contributed by atoms with E-state index >= 15 is 24.0 Å². The molecule has 38 nitrogen and oxygen atoms in total. The van der Waals surface area contributed by atoms with Crippen LogP contribution in [0.25, 0.3) is 21.7 Å². The van der Waals surface area contributed by atoms with Gasteiger partial charge in [0.25, 0.3) is 0 Å². The van der Waals surface area contributed by atoms with Gasteiger partial charge in [-0.1, -0.05) is 72.8 Å². The number of carboxylic acids is 1. The third-order valence-corrected chi connectivity index (χ3v) is 19.3. The van der Waals surface area contributed by atoms with E-state index in [0.717, 1.165) is 26.2 Å². The minimum Gasteiger partial charge on any atom is -0.492 e. The molecule has 0 radical (unpaired) electrons. The second-order valence-electron chi connectivity index (χ2n) is 30.0. The third-order valence-electron chi connectivity index (χ3n) is 18.8. The first-order valence-corrected chi connectivity index (χ1v) is 38.9. The third kappa shape index (κ3) is 30.9. The Balaban J connectivity index is 1.56. The molecule has 4 aromatic carbocycles. The van der Waals surface area contributed by atoms with Crippen molar-refractivity contribution in [2.45, 2.75) is 214 Å². The molecule has 5 rings (SSSR count). The van der Waals surface area contributed by atoms with Gasteiger partial charge >= 0.3 is 5.97 Å². The van der Waals surface area contributed by atoms with Crippen LogP contribution in [0.3, 0.4) is 0 Å². The van der Waals surface area contributed by atoms with Gasteiger partial charge in [0.2, 0.25) is 88.6 Å². The summed E-state index contributed by atoms with van der Waals surface area (Å²) in [5.74, 6) is -16.9. The van der Waals surface area contributed by atoms with E-state index in [0.29, 0.717) is 38.7 Å². The molecule has 0 unspecified atom stereocenters. The molecule has 13 atom stereocenters. The summed E-state index contributed by atoms with van der Waals surface area (Å²) in [4.78, 5) is 224. The number of unbranched alkanes of at least 4 members (excludes halogenated alkanes) is 1. The van der Waals surface area contributed by atoms with Gasteiger partial charge in [0.15, 0.2) is 0 Å². The van der Waals surface area contributed by atoms with Crippen LogP contribution in [-0.4, -0.2) is 229 Å². The van der Waals surface area contributed by atoms with Gasteiger partial charge in [0, 0.05) is 72.2 Å². The Morgan fingerprint density at radius 2 is 0.983 bits per heavy atom. The fourth-order valence-electron chi connectivity index (χ4n) is 12.4. The lowest BCUT2D eigenvalue weighted by Crippen LogP contribution is -2.65. The number of primary amides is 3. The van der Waals surface area contributed by atoms with Crippen molar-refractivity contribution in [2.24, 2.45) is 28.7 Å². The number of carboxylic acid groups (broad SMARTS) is 1. The molecule has 0 bridgehead atoms. The first-order valence-electron chi connectivity index (χ1n) is 38.0. The minimum absolute atomic E-state index is 0.0992. The van der Waals surface area contributed by atoms with Gasteiger partial charge in [-0.2, -0.15) is 25.3 Å². The van der Waals surface area contributed by atoms with Crippen LogP contribution in [0.5, 0.6) is 5.75 Å². The van der Waals surface area contributed by atoms with Crippen LogP contribution < -0.4 is 97.2 Å². The van der Waals surface area contributed by atoms with Crippen LogP contribution >= 0.6 is 25.3 Å². The molecule has 40 heteroatoms. The number of carbonyl (C=O) groups is 16. The quantitative estimate of drug-likeness (QED) is 0.0132. The Bertz CT molecular complexity index is 4420. The zero-order valence-corrected chi connectivity index (χ0v) is 68.6. The molecule has 118 heavy (non-hydrogen) atoms. The van der Waals surface area contributed by atoms with E-state index in [4.69, 9.17) is 46.0 Å². The van der Waals surface area contributed by atoms with Crippen LogP contribution in [0.2, 0.25) is 0 Å². The maximum absolute atomic E-state index is 15.5. The number of thiol groups is 2. The summed E-state index contributed by atoms with van der Waals surface area (Å²) < 4.78 is 2.85. The summed E-state index contributed by atoms with van der Waals surface area (Å²) in [6.45, 7) is 10.2. The van der Waals surface area contributed by atoms with Crippen LogP contribution in [0, 0.1) is 0 Å². The van der Waals surface area contributed by atoms with Crippen LogP contribution in [0.15, 0.2) is 97.2 Å². The lowest BCUT2D eigenvalue weighted by atomic mass is 9.91. The van der Waals surface area contributed by atoms with Crippen molar-refractivity contribution in [1.29, 1.82) is 0 Å². The number of H-pyrrole nitrogens is 1. The number of hydrogen-bond acceptors (Lipinski definition) is 23. The van der Waals surface area contributed by atoms with E-state index in [1.807, 2.05) is 6.07 Å². The fraction of sp³-hybridized carbons (Fsp3) is 0.487. The molecule has 644 valence electrons. The highest BCUT2D eigenvalue weighted by Gasteiger charge is 2.44. The zero-order chi connectivity index (χ0) is 88.1. The summed E-state index contributed by atoms with van der Waals surface area (Å²) in [7, 11) is 0. The number of nitrogens with one attached hydrogen (secondary N) is 13. The van der Waals surface area contributed by atoms with E-state index < -0.39 is 221 Å². The molecular weight excluding hydrogens is 1570 g/mol. The topological polar surface area (TPSA) is 633 Å². The van der Waals surface area contributed by atoms with Crippen molar-refractivity contribution in [3.8, 4) is 5.75 Å². The summed E-state index contributed by atoms with van der Waals surface area (Å²) in [5.41, 5.74) is 27.6. The van der Waals surface area contributed by atoms with E-state index in [1.54, 1.807) is 84.9 Å². The number of amides is 15. The Kier molecular flexibility index (Phi) is 37.3. The predicted octanol–water partition coefficient (Wildman–Crippen LogP) is -3.66. The highest BCUT2D eigenvalue weighted by molar-refractivity contribution is 7.82. The minimum atomic E-state index is -2.07. The first-order chi connectivity index (χ1) is 55.3.